The fourth-order valence-corrected chi connectivity index (χ4v) is 2.27. The van der Waals surface area contributed by atoms with Gasteiger partial charge in [-0.05, 0) is 0 Å². The van der Waals surface area contributed by atoms with Gasteiger partial charge in [-0.1, -0.05) is 0 Å². The van der Waals surface area contributed by atoms with Crippen LogP contribution in [0.5, 0.6) is 0 Å². The molecule has 2 nitrogen and oxygen atoms in total. The zero-order chi connectivity index (χ0) is 15.6. The van der Waals surface area contributed by atoms with Crippen molar-refractivity contribution in [2.24, 2.45) is 0 Å². The third-order valence-electron chi connectivity index (χ3n) is 3.63. The molecule has 0 N–H and O–H groups in total. The van der Waals surface area contributed by atoms with Crippen LogP contribution in [0.25, 0.3) is 0 Å². The van der Waals surface area contributed by atoms with Crippen molar-refractivity contribution >= 4 is 35.4 Å². The van der Waals surface area contributed by atoms with Crippen LogP contribution in [0.4, 0.5) is 0 Å². The van der Waals surface area contributed by atoms with Gasteiger partial charge < -0.3 is 0 Å². The molecule has 0 aromatic heterocycles. The monoisotopic (exact) mass is 270 g/mol. The Bertz CT molecular complexity index is 159. The first kappa shape index (κ1) is 23.4. The van der Waals surface area contributed by atoms with E-state index in [0.29, 0.717) is 0 Å². The molecule has 0 aliphatic heterocycles. The van der Waals surface area contributed by atoms with E-state index in [-0.39, 0.29) is 0 Å². The van der Waals surface area contributed by atoms with Crippen LogP contribution in [0.15, 0.2) is 0 Å². The fraction of sp³-hybridized carbons (Fsp3) is 1.00. The zero-order valence-electron chi connectivity index (χ0n) is 15.4. The van der Waals surface area contributed by atoms with Crippen molar-refractivity contribution in [2.75, 3.05) is 39.3 Å². The van der Waals surface area contributed by atoms with Crippen LogP contribution in [0.2, 0.25) is 10.2 Å². The van der Waals surface area contributed by atoms with E-state index in [1.807, 2.05) is 0 Å². The van der Waals surface area contributed by atoms with Gasteiger partial charge in [0.1, 0.15) is 0 Å². The normalized spacial score (nSPS) is 10.9. The van der Waals surface area contributed by atoms with E-state index in [2.05, 4.69) is 72.9 Å². The molecule has 0 radical (unpaired) electrons. The topological polar surface area (TPSA) is 6.48 Å². The van der Waals surface area contributed by atoms with E-state index in [1.54, 1.807) is 0 Å². The van der Waals surface area contributed by atoms with Crippen molar-refractivity contribution < 1.29 is 0 Å². The van der Waals surface area contributed by atoms with E-state index in [4.69, 9.17) is 0 Å². The van der Waals surface area contributed by atoms with Gasteiger partial charge in [0, 0.05) is 0 Å². The summed E-state index contributed by atoms with van der Waals surface area (Å²) in [5.41, 5.74) is 0. The summed E-state index contributed by atoms with van der Waals surface area (Å²) in [6.07, 6.45) is 5.30. The maximum atomic E-state index is 2.57. The van der Waals surface area contributed by atoms with Crippen LogP contribution in [0.1, 0.15) is 53.4 Å². The van der Waals surface area contributed by atoms with Crippen molar-refractivity contribution in [3.8, 4) is 0 Å². The van der Waals surface area contributed by atoms with Gasteiger partial charge in [-0.3, -0.25) is 0 Å². The van der Waals surface area contributed by atoms with Gasteiger partial charge in [0.2, 0.25) is 0 Å². The molecular formula is C16H36Li2N2. The summed E-state index contributed by atoms with van der Waals surface area (Å²) in [5, 5.41) is 2.64. The molecule has 0 rings (SSSR count). The third-order valence-corrected chi connectivity index (χ3v) is 3.63. The predicted octanol–water partition coefficient (Wildman–Crippen LogP) is 3.39. The summed E-state index contributed by atoms with van der Waals surface area (Å²) >= 11 is 4.50. The van der Waals surface area contributed by atoms with Crippen molar-refractivity contribution in [2.45, 2.75) is 63.6 Å². The van der Waals surface area contributed by atoms with Gasteiger partial charge in [-0.2, -0.15) is 0 Å². The van der Waals surface area contributed by atoms with E-state index in [1.165, 1.54) is 75.1 Å². The second-order valence-electron chi connectivity index (χ2n) is 5.58. The van der Waals surface area contributed by atoms with Crippen LogP contribution in [0, 0.1) is 0 Å². The number of rotatable bonds is 12. The van der Waals surface area contributed by atoms with Crippen LogP contribution >= 0.6 is 0 Å². The van der Waals surface area contributed by atoms with Crippen molar-refractivity contribution in [3.05, 3.63) is 0 Å². The molecule has 0 aromatic rings. The molecule has 0 spiro atoms. The van der Waals surface area contributed by atoms with Crippen molar-refractivity contribution in [3.63, 3.8) is 0 Å². The first-order chi connectivity index (χ1) is 9.69. The Labute approximate surface area is 147 Å². The fourth-order valence-electron chi connectivity index (χ4n) is 2.27. The molecule has 0 saturated heterocycles. The minimum absolute atomic E-state index is 1.20. The van der Waals surface area contributed by atoms with Gasteiger partial charge >= 0.3 is 148 Å². The van der Waals surface area contributed by atoms with E-state index < -0.39 is 0 Å². The molecule has 0 saturated carbocycles. The Hall–Kier alpha value is 1.11. The molecular weight excluding hydrogens is 234 g/mol. The molecule has 0 heterocycles. The summed E-state index contributed by atoms with van der Waals surface area (Å²) in [5.74, 6) is 0. The second kappa shape index (κ2) is 20.1. The summed E-state index contributed by atoms with van der Waals surface area (Å²) < 4.78 is 0. The Morgan fingerprint density at radius 2 is 1.00 bits per heavy atom. The minimum atomic E-state index is 1.20. The maximum absolute atomic E-state index is 2.57. The Morgan fingerprint density at radius 1 is 0.600 bits per heavy atom. The standard InChI is InChI=1S/C9H20N.C7H16N.2Li/c1-4-7-10(8-5-2)9-6-3;1-4-7-8(5-2)6-3;;/h1,4-9H2,2-3H3;1,4-7H2,2-3H3;;. The summed E-state index contributed by atoms with van der Waals surface area (Å²) in [7, 11) is 0. The molecule has 112 valence electrons. The molecule has 0 aromatic carbocycles. The predicted molar refractivity (Wildman–Crippen MR) is 95.2 cm³/mol. The number of hydrogen-bond donors (Lipinski definition) is 0. The summed E-state index contributed by atoms with van der Waals surface area (Å²) in [6, 6.07) is 0. The molecule has 0 unspecified atom stereocenters. The number of nitrogens with zero attached hydrogens (tertiary/aromatic N) is 2. The third kappa shape index (κ3) is 17.2. The molecule has 0 fully saturated rings. The van der Waals surface area contributed by atoms with Crippen molar-refractivity contribution in [1.29, 1.82) is 0 Å². The summed E-state index contributed by atoms with van der Waals surface area (Å²) in [4.78, 5) is 5.03. The van der Waals surface area contributed by atoms with E-state index in [9.17, 15) is 0 Å². The Balaban J connectivity index is 0. The van der Waals surface area contributed by atoms with Crippen LogP contribution in [0.3, 0.4) is 0 Å². The molecule has 4 heteroatoms. The van der Waals surface area contributed by atoms with Gasteiger partial charge in [0.25, 0.3) is 0 Å². The van der Waals surface area contributed by atoms with Gasteiger partial charge in [0.15, 0.2) is 0 Å². The number of hydrogen-bond acceptors (Lipinski definition) is 2. The first-order valence-corrected chi connectivity index (χ1v) is 9.14. The zero-order valence-corrected chi connectivity index (χ0v) is 15.4. The Morgan fingerprint density at radius 3 is 1.30 bits per heavy atom. The van der Waals surface area contributed by atoms with E-state index in [0.717, 1.165) is 0 Å². The van der Waals surface area contributed by atoms with Crippen LogP contribution < -0.4 is 0 Å². The average Bonchev–Trinajstić information content (AvgIpc) is 2.47. The summed E-state index contributed by atoms with van der Waals surface area (Å²) in [6.45, 7) is 16.5. The van der Waals surface area contributed by atoms with Crippen LogP contribution in [-0.4, -0.2) is 84.5 Å². The quantitative estimate of drug-likeness (QED) is 0.502. The Kier molecular flexibility index (Phi) is 23.5. The van der Waals surface area contributed by atoms with Gasteiger partial charge in [0.05, 0.1) is 0 Å². The first-order valence-electron chi connectivity index (χ1n) is 9.14. The van der Waals surface area contributed by atoms with Gasteiger partial charge in [-0.25, -0.2) is 0 Å². The molecule has 0 aliphatic carbocycles. The van der Waals surface area contributed by atoms with Crippen LogP contribution in [-0.2, 0) is 0 Å². The molecule has 20 heavy (non-hydrogen) atoms. The molecule has 0 aliphatic rings. The van der Waals surface area contributed by atoms with E-state index >= 15 is 0 Å². The molecule has 0 amide bonds. The second-order valence-corrected chi connectivity index (χ2v) is 5.58. The average molecular weight is 270 g/mol. The molecule has 0 bridgehead atoms. The van der Waals surface area contributed by atoms with Gasteiger partial charge in [-0.15, -0.1) is 0 Å². The molecule has 0 atom stereocenters. The van der Waals surface area contributed by atoms with Crippen molar-refractivity contribution in [1.82, 2.24) is 9.80 Å². The SMILES string of the molecule is [Li][CH2]CCN(CC)CC.[Li][CH2]CCN(CCC)CCC.